The first-order valence-corrected chi connectivity index (χ1v) is 12.9. The van der Waals surface area contributed by atoms with Crippen LogP contribution < -0.4 is 4.72 Å². The Balaban J connectivity index is 1.48. The summed E-state index contributed by atoms with van der Waals surface area (Å²) in [4.78, 5) is 26.1. The third-order valence-electron chi connectivity index (χ3n) is 5.46. The average molecular weight is 485 g/mol. The van der Waals surface area contributed by atoms with Crippen LogP contribution >= 0.6 is 11.3 Å². The number of anilines is 1. The fourth-order valence-electron chi connectivity index (χ4n) is 3.59. The van der Waals surface area contributed by atoms with Gasteiger partial charge in [0.15, 0.2) is 5.78 Å². The van der Waals surface area contributed by atoms with Crippen LogP contribution in [-0.2, 0) is 26.0 Å². The molecule has 3 aromatic rings. The predicted molar refractivity (Wildman–Crippen MR) is 128 cm³/mol. The number of Topliss-reactive ketones (excluding diaryl/α,β-unsaturated/α-hetero) is 1. The Morgan fingerprint density at radius 1 is 1.03 bits per heavy atom. The Labute approximate surface area is 197 Å². The van der Waals surface area contributed by atoms with Crippen LogP contribution in [0.2, 0.25) is 0 Å². The van der Waals surface area contributed by atoms with Gasteiger partial charge in [0.05, 0.1) is 30.2 Å². The van der Waals surface area contributed by atoms with Crippen LogP contribution in [0.3, 0.4) is 0 Å². The summed E-state index contributed by atoms with van der Waals surface area (Å²) in [5.74, 6) is -0.0757. The van der Waals surface area contributed by atoms with Crippen molar-refractivity contribution in [3.8, 4) is 11.1 Å². The third-order valence-corrected chi connectivity index (χ3v) is 7.63. The lowest BCUT2D eigenvalue weighted by atomic mass is 10.0. The average Bonchev–Trinajstić information content (AvgIpc) is 3.25. The zero-order valence-corrected chi connectivity index (χ0v) is 19.7. The second-order valence-electron chi connectivity index (χ2n) is 7.75. The van der Waals surface area contributed by atoms with Crippen molar-refractivity contribution in [2.45, 2.75) is 18.2 Å². The Bertz CT molecular complexity index is 1260. The summed E-state index contributed by atoms with van der Waals surface area (Å²) in [5, 5.41) is 3.49. The van der Waals surface area contributed by atoms with Gasteiger partial charge in [-0.05, 0) is 47.2 Å². The molecule has 1 amide bonds. The van der Waals surface area contributed by atoms with Crippen LogP contribution in [0, 0.1) is 0 Å². The van der Waals surface area contributed by atoms with Crippen LogP contribution in [0.25, 0.3) is 11.1 Å². The molecule has 172 valence electrons. The van der Waals surface area contributed by atoms with E-state index in [2.05, 4.69) is 4.72 Å². The van der Waals surface area contributed by atoms with Gasteiger partial charge in [-0.25, -0.2) is 8.42 Å². The first-order valence-electron chi connectivity index (χ1n) is 10.5. The molecule has 1 N–H and O–H groups in total. The van der Waals surface area contributed by atoms with Crippen LogP contribution in [0.4, 0.5) is 5.69 Å². The van der Waals surface area contributed by atoms with Gasteiger partial charge in [-0.3, -0.25) is 14.3 Å². The van der Waals surface area contributed by atoms with E-state index in [0.29, 0.717) is 43.1 Å². The molecule has 4 rings (SSSR count). The molecule has 7 nitrogen and oxygen atoms in total. The summed E-state index contributed by atoms with van der Waals surface area (Å²) < 4.78 is 33.8. The SMILES string of the molecule is CC(=O)c1cccc(-c2ccc(S(=O)(=O)Nc3cscc3CC(=O)N3CCOCC3)cc2)c1. The van der Waals surface area contributed by atoms with E-state index in [0.717, 1.165) is 11.1 Å². The summed E-state index contributed by atoms with van der Waals surface area (Å²) in [6, 6.07) is 13.7. The number of benzene rings is 2. The molecule has 2 heterocycles. The summed E-state index contributed by atoms with van der Waals surface area (Å²) >= 11 is 1.34. The van der Waals surface area contributed by atoms with Gasteiger partial charge in [-0.1, -0.05) is 30.3 Å². The number of amides is 1. The van der Waals surface area contributed by atoms with E-state index in [9.17, 15) is 18.0 Å². The second kappa shape index (κ2) is 9.86. The number of nitrogens with one attached hydrogen (secondary N) is 1. The Hall–Kier alpha value is -3.01. The molecule has 1 fully saturated rings. The highest BCUT2D eigenvalue weighted by Crippen LogP contribution is 2.27. The van der Waals surface area contributed by atoms with Crippen molar-refractivity contribution in [3.63, 3.8) is 0 Å². The molecule has 0 bridgehead atoms. The molecular formula is C24H24N2O5S2. The molecule has 1 aromatic heterocycles. The maximum Gasteiger partial charge on any atom is 0.261 e. The van der Waals surface area contributed by atoms with Crippen molar-refractivity contribution >= 4 is 38.7 Å². The van der Waals surface area contributed by atoms with Gasteiger partial charge in [0, 0.05) is 24.0 Å². The van der Waals surface area contributed by atoms with Gasteiger partial charge < -0.3 is 9.64 Å². The van der Waals surface area contributed by atoms with E-state index in [1.54, 1.807) is 46.0 Å². The van der Waals surface area contributed by atoms with E-state index < -0.39 is 10.0 Å². The number of rotatable bonds is 7. The minimum Gasteiger partial charge on any atom is -0.378 e. The molecule has 9 heteroatoms. The highest BCUT2D eigenvalue weighted by atomic mass is 32.2. The molecule has 0 atom stereocenters. The lowest BCUT2D eigenvalue weighted by molar-refractivity contribution is -0.134. The van der Waals surface area contributed by atoms with Crippen molar-refractivity contribution in [3.05, 3.63) is 70.4 Å². The molecule has 2 aromatic carbocycles. The number of sulfonamides is 1. The quantitative estimate of drug-likeness (QED) is 0.515. The minimum atomic E-state index is -3.83. The van der Waals surface area contributed by atoms with E-state index in [1.165, 1.54) is 30.4 Å². The van der Waals surface area contributed by atoms with Gasteiger partial charge in [-0.15, -0.1) is 11.3 Å². The normalized spacial score (nSPS) is 14.2. The van der Waals surface area contributed by atoms with Crippen molar-refractivity contribution < 1.29 is 22.7 Å². The Morgan fingerprint density at radius 3 is 2.45 bits per heavy atom. The van der Waals surface area contributed by atoms with Gasteiger partial charge >= 0.3 is 0 Å². The fourth-order valence-corrected chi connectivity index (χ4v) is 5.54. The Morgan fingerprint density at radius 2 is 1.76 bits per heavy atom. The number of morpholine rings is 1. The van der Waals surface area contributed by atoms with Crippen molar-refractivity contribution in [1.29, 1.82) is 0 Å². The van der Waals surface area contributed by atoms with Gasteiger partial charge in [0.2, 0.25) is 5.91 Å². The third kappa shape index (κ3) is 5.50. The highest BCUT2D eigenvalue weighted by molar-refractivity contribution is 7.92. The molecule has 1 aliphatic heterocycles. The van der Waals surface area contributed by atoms with Crippen molar-refractivity contribution in [1.82, 2.24) is 4.90 Å². The van der Waals surface area contributed by atoms with Crippen LogP contribution in [0.5, 0.6) is 0 Å². The number of carbonyl (C=O) groups excluding carboxylic acids is 2. The molecule has 0 aliphatic carbocycles. The van der Waals surface area contributed by atoms with Crippen molar-refractivity contribution in [2.24, 2.45) is 0 Å². The summed E-state index contributed by atoms with van der Waals surface area (Å²) in [5.41, 5.74) is 3.31. The smallest absolute Gasteiger partial charge is 0.261 e. The summed E-state index contributed by atoms with van der Waals surface area (Å²) in [7, 11) is -3.83. The molecule has 0 spiro atoms. The van der Waals surface area contributed by atoms with E-state index in [-0.39, 0.29) is 23.0 Å². The standard InChI is InChI=1S/C24H24N2O5S2/c1-17(27)19-3-2-4-20(13-19)18-5-7-22(8-6-18)33(29,30)25-23-16-32-15-21(23)14-24(28)26-9-11-31-12-10-26/h2-8,13,15-16,25H,9-12,14H2,1H3. The monoisotopic (exact) mass is 484 g/mol. The number of ketones is 1. The largest absolute Gasteiger partial charge is 0.378 e. The maximum absolute atomic E-state index is 13.0. The van der Waals surface area contributed by atoms with Gasteiger partial charge in [-0.2, -0.15) is 0 Å². The first kappa shape index (κ1) is 23.2. The molecule has 0 unspecified atom stereocenters. The van der Waals surface area contributed by atoms with Crippen LogP contribution in [0.1, 0.15) is 22.8 Å². The lowest BCUT2D eigenvalue weighted by Gasteiger charge is -2.26. The minimum absolute atomic E-state index is 0.0288. The predicted octanol–water partition coefficient (Wildman–Crippen LogP) is 3.82. The van der Waals surface area contributed by atoms with E-state index in [4.69, 9.17) is 4.74 Å². The molecule has 0 radical (unpaired) electrons. The summed E-state index contributed by atoms with van der Waals surface area (Å²) in [6.45, 7) is 3.64. The number of ether oxygens (including phenoxy) is 1. The number of nitrogens with zero attached hydrogens (tertiary/aromatic N) is 1. The number of hydrogen-bond donors (Lipinski definition) is 1. The number of carbonyl (C=O) groups is 2. The van der Waals surface area contributed by atoms with Crippen LogP contribution in [-0.4, -0.2) is 51.3 Å². The zero-order valence-electron chi connectivity index (χ0n) is 18.1. The zero-order chi connectivity index (χ0) is 23.4. The molecule has 1 saturated heterocycles. The van der Waals surface area contributed by atoms with Crippen LogP contribution in [0.15, 0.2) is 64.2 Å². The molecular weight excluding hydrogens is 460 g/mol. The topological polar surface area (TPSA) is 92.8 Å². The van der Waals surface area contributed by atoms with Crippen molar-refractivity contribution in [2.75, 3.05) is 31.0 Å². The number of thiophene rings is 1. The van der Waals surface area contributed by atoms with E-state index in [1.807, 2.05) is 6.07 Å². The van der Waals surface area contributed by atoms with E-state index >= 15 is 0 Å². The van der Waals surface area contributed by atoms with Gasteiger partial charge in [0.25, 0.3) is 10.0 Å². The number of hydrogen-bond acceptors (Lipinski definition) is 6. The molecule has 1 aliphatic rings. The molecule has 0 saturated carbocycles. The molecule has 33 heavy (non-hydrogen) atoms. The highest BCUT2D eigenvalue weighted by Gasteiger charge is 2.21. The second-order valence-corrected chi connectivity index (χ2v) is 10.2. The van der Waals surface area contributed by atoms with Gasteiger partial charge in [0.1, 0.15) is 0 Å². The summed E-state index contributed by atoms with van der Waals surface area (Å²) in [6.07, 6.45) is 0.132. The maximum atomic E-state index is 13.0. The Kier molecular flexibility index (Phi) is 6.92. The lowest BCUT2D eigenvalue weighted by Crippen LogP contribution is -2.41. The fraction of sp³-hybridized carbons (Fsp3) is 0.250. The first-order chi connectivity index (χ1) is 15.8.